The van der Waals surface area contributed by atoms with E-state index >= 15 is 0 Å². The number of alkyl halides is 2. The van der Waals surface area contributed by atoms with Crippen molar-refractivity contribution in [2.24, 2.45) is 10.7 Å². The summed E-state index contributed by atoms with van der Waals surface area (Å²) in [5.74, 6) is 1.19. The molecule has 0 bridgehead atoms. The zero-order valence-corrected chi connectivity index (χ0v) is 13.3. The summed E-state index contributed by atoms with van der Waals surface area (Å²) >= 11 is 0. The summed E-state index contributed by atoms with van der Waals surface area (Å²) in [6.45, 7) is -2.75. The second kappa shape index (κ2) is 7.55. The van der Waals surface area contributed by atoms with Crippen LogP contribution in [0.15, 0.2) is 17.1 Å². The van der Waals surface area contributed by atoms with Gasteiger partial charge < -0.3 is 25.3 Å². The van der Waals surface area contributed by atoms with E-state index in [2.05, 4.69) is 15.0 Å². The van der Waals surface area contributed by atoms with E-state index in [-0.39, 0.29) is 19.1 Å². The molecule has 6 nitrogen and oxygen atoms in total. The highest BCUT2D eigenvalue weighted by molar-refractivity contribution is 5.78. The minimum absolute atomic E-state index is 0.0171. The minimum atomic E-state index is -2.93. The van der Waals surface area contributed by atoms with Crippen LogP contribution in [0.25, 0.3) is 0 Å². The topological polar surface area (TPSA) is 78.1 Å². The van der Waals surface area contributed by atoms with Crippen molar-refractivity contribution in [2.45, 2.75) is 51.3 Å². The van der Waals surface area contributed by atoms with Gasteiger partial charge in [0.1, 0.15) is 5.75 Å². The van der Waals surface area contributed by atoms with Gasteiger partial charge in [0, 0.05) is 17.7 Å². The van der Waals surface area contributed by atoms with E-state index in [1.807, 2.05) is 0 Å². The van der Waals surface area contributed by atoms with Crippen molar-refractivity contribution in [3.05, 3.63) is 17.7 Å². The minimum Gasteiger partial charge on any atom is -0.454 e. The van der Waals surface area contributed by atoms with Gasteiger partial charge in [-0.25, -0.2) is 4.99 Å². The third-order valence-electron chi connectivity index (χ3n) is 4.15. The van der Waals surface area contributed by atoms with Crippen LogP contribution >= 0.6 is 0 Å². The molecular formula is C16H21F2N3O3. The number of ether oxygens (including phenoxy) is 3. The fraction of sp³-hybridized carbons (Fsp3) is 0.562. The number of rotatable bonds is 5. The number of hydrogen-bond donors (Lipinski definition) is 2. The number of nitrogens with two attached hydrogens (primary N) is 1. The van der Waals surface area contributed by atoms with Gasteiger partial charge in [0.2, 0.25) is 6.79 Å². The van der Waals surface area contributed by atoms with Gasteiger partial charge in [-0.1, -0.05) is 19.3 Å². The van der Waals surface area contributed by atoms with Gasteiger partial charge in [-0.15, -0.1) is 0 Å². The van der Waals surface area contributed by atoms with Crippen LogP contribution in [0.5, 0.6) is 17.2 Å². The highest BCUT2D eigenvalue weighted by Gasteiger charge is 2.20. The molecule has 0 atom stereocenters. The van der Waals surface area contributed by atoms with Crippen LogP contribution in [-0.4, -0.2) is 25.4 Å². The van der Waals surface area contributed by atoms with Gasteiger partial charge in [0.15, 0.2) is 17.5 Å². The summed E-state index contributed by atoms with van der Waals surface area (Å²) in [4.78, 5) is 4.24. The second-order valence-electron chi connectivity index (χ2n) is 5.87. The molecule has 1 fully saturated rings. The predicted octanol–water partition coefficient (Wildman–Crippen LogP) is 2.75. The van der Waals surface area contributed by atoms with E-state index in [1.165, 1.54) is 25.3 Å². The number of nitrogens with zero attached hydrogens (tertiary/aromatic N) is 1. The number of hydrogen-bond acceptors (Lipinski definition) is 4. The molecule has 1 heterocycles. The molecule has 2 aliphatic rings. The molecular weight excluding hydrogens is 320 g/mol. The Hall–Kier alpha value is -2.25. The SMILES string of the molecule is NC(=NCc1cc2c(cc1OC(F)F)OCO2)NC1CCCCC1. The average molecular weight is 341 g/mol. The summed E-state index contributed by atoms with van der Waals surface area (Å²) in [5, 5.41) is 3.18. The van der Waals surface area contributed by atoms with Crippen molar-refractivity contribution in [2.75, 3.05) is 6.79 Å². The van der Waals surface area contributed by atoms with Gasteiger partial charge in [-0.05, 0) is 18.9 Å². The molecule has 1 saturated carbocycles. The van der Waals surface area contributed by atoms with Gasteiger partial charge in [0.05, 0.1) is 6.54 Å². The van der Waals surface area contributed by atoms with E-state index < -0.39 is 6.61 Å². The zero-order valence-electron chi connectivity index (χ0n) is 13.3. The molecule has 0 aromatic heterocycles. The second-order valence-corrected chi connectivity index (χ2v) is 5.87. The molecule has 1 aromatic rings. The Balaban J connectivity index is 1.69. The van der Waals surface area contributed by atoms with Crippen molar-refractivity contribution in [1.29, 1.82) is 0 Å². The van der Waals surface area contributed by atoms with Crippen LogP contribution in [-0.2, 0) is 6.54 Å². The molecule has 3 N–H and O–H groups in total. The largest absolute Gasteiger partial charge is 0.454 e. The van der Waals surface area contributed by atoms with Crippen LogP contribution in [0.1, 0.15) is 37.7 Å². The van der Waals surface area contributed by atoms with E-state index in [0.29, 0.717) is 29.1 Å². The Morgan fingerprint density at radius 3 is 2.67 bits per heavy atom. The maximum Gasteiger partial charge on any atom is 0.387 e. The maximum absolute atomic E-state index is 12.6. The molecule has 3 rings (SSSR count). The molecule has 1 aromatic carbocycles. The maximum atomic E-state index is 12.6. The standard InChI is InChI=1S/C16H21F2N3O3/c17-15(18)24-12-7-14-13(22-9-23-14)6-10(12)8-20-16(19)21-11-4-2-1-3-5-11/h6-7,11,15H,1-5,8-9H2,(H3,19,20,21). The van der Waals surface area contributed by atoms with E-state index in [0.717, 1.165) is 12.8 Å². The highest BCUT2D eigenvalue weighted by Crippen LogP contribution is 2.39. The lowest BCUT2D eigenvalue weighted by atomic mass is 9.96. The Morgan fingerprint density at radius 1 is 1.25 bits per heavy atom. The number of aliphatic imine (C=N–C) groups is 1. The molecule has 0 amide bonds. The first-order chi connectivity index (χ1) is 11.6. The third-order valence-corrected chi connectivity index (χ3v) is 4.15. The van der Waals surface area contributed by atoms with Crippen molar-refractivity contribution < 1.29 is 23.0 Å². The van der Waals surface area contributed by atoms with Crippen molar-refractivity contribution in [3.63, 3.8) is 0 Å². The molecule has 0 radical (unpaired) electrons. The Kier molecular flexibility index (Phi) is 5.22. The summed E-state index contributed by atoms with van der Waals surface area (Å²) in [7, 11) is 0. The number of fused-ring (bicyclic) bond motifs is 1. The number of guanidine groups is 1. The monoisotopic (exact) mass is 341 g/mol. The quantitative estimate of drug-likeness (QED) is 0.636. The Bertz CT molecular complexity index is 604. The van der Waals surface area contributed by atoms with Crippen LogP contribution in [0.2, 0.25) is 0 Å². The van der Waals surface area contributed by atoms with Crippen LogP contribution in [0.4, 0.5) is 8.78 Å². The highest BCUT2D eigenvalue weighted by atomic mass is 19.3. The van der Waals surface area contributed by atoms with Crippen LogP contribution in [0, 0.1) is 0 Å². The first-order valence-electron chi connectivity index (χ1n) is 8.05. The van der Waals surface area contributed by atoms with Gasteiger partial charge >= 0.3 is 6.61 Å². The predicted molar refractivity (Wildman–Crippen MR) is 84.5 cm³/mol. The van der Waals surface area contributed by atoms with Gasteiger partial charge in [-0.3, -0.25) is 0 Å². The summed E-state index contributed by atoms with van der Waals surface area (Å²) < 4.78 is 40.2. The fourth-order valence-electron chi connectivity index (χ4n) is 2.97. The molecule has 1 aliphatic carbocycles. The van der Waals surface area contributed by atoms with Crippen molar-refractivity contribution in [1.82, 2.24) is 5.32 Å². The van der Waals surface area contributed by atoms with Crippen LogP contribution < -0.4 is 25.3 Å². The van der Waals surface area contributed by atoms with E-state index in [1.54, 1.807) is 6.07 Å². The lowest BCUT2D eigenvalue weighted by molar-refractivity contribution is -0.0504. The van der Waals surface area contributed by atoms with E-state index in [9.17, 15) is 8.78 Å². The fourth-order valence-corrected chi connectivity index (χ4v) is 2.97. The third kappa shape index (κ3) is 4.18. The first-order valence-corrected chi connectivity index (χ1v) is 8.05. The van der Waals surface area contributed by atoms with Crippen LogP contribution in [0.3, 0.4) is 0 Å². The summed E-state index contributed by atoms with van der Waals surface area (Å²) in [6, 6.07) is 3.32. The lowest BCUT2D eigenvalue weighted by Gasteiger charge is -2.23. The molecule has 24 heavy (non-hydrogen) atoms. The summed E-state index contributed by atoms with van der Waals surface area (Å²) in [6.07, 6.45) is 5.75. The molecule has 0 unspecified atom stereocenters. The zero-order chi connectivity index (χ0) is 16.9. The van der Waals surface area contributed by atoms with E-state index in [4.69, 9.17) is 15.2 Å². The lowest BCUT2D eigenvalue weighted by Crippen LogP contribution is -2.41. The molecule has 0 spiro atoms. The first kappa shape index (κ1) is 16.6. The van der Waals surface area contributed by atoms with Crippen molar-refractivity contribution in [3.8, 4) is 17.2 Å². The molecule has 1 aliphatic heterocycles. The normalized spacial score (nSPS) is 18.0. The van der Waals surface area contributed by atoms with Gasteiger partial charge in [-0.2, -0.15) is 8.78 Å². The number of benzene rings is 1. The molecule has 0 saturated heterocycles. The number of nitrogens with one attached hydrogen (secondary N) is 1. The average Bonchev–Trinajstić information content (AvgIpc) is 3.00. The Labute approximate surface area is 139 Å². The molecule has 132 valence electrons. The van der Waals surface area contributed by atoms with Gasteiger partial charge in [0.25, 0.3) is 0 Å². The smallest absolute Gasteiger partial charge is 0.387 e. The number of halogens is 2. The van der Waals surface area contributed by atoms with Crippen molar-refractivity contribution >= 4 is 5.96 Å². The Morgan fingerprint density at radius 2 is 1.96 bits per heavy atom. The molecule has 8 heteroatoms. The summed E-state index contributed by atoms with van der Waals surface area (Å²) in [5.41, 5.74) is 6.38.